The lowest BCUT2D eigenvalue weighted by Gasteiger charge is -2.31. The van der Waals surface area contributed by atoms with Crippen LogP contribution in [0.4, 0.5) is 0 Å². The molecule has 1 saturated carbocycles. The molecule has 0 aromatic heterocycles. The second-order valence-electron chi connectivity index (χ2n) is 5.03. The Balaban J connectivity index is 2.36. The lowest BCUT2D eigenvalue weighted by Crippen LogP contribution is -2.45. The van der Waals surface area contributed by atoms with Crippen molar-refractivity contribution in [3.8, 4) is 12.3 Å². The zero-order valence-corrected chi connectivity index (χ0v) is 9.38. The lowest BCUT2D eigenvalue weighted by molar-refractivity contribution is 0.391. The summed E-state index contributed by atoms with van der Waals surface area (Å²) in [5.74, 6) is 2.63. The molecule has 0 saturated heterocycles. The van der Waals surface area contributed by atoms with E-state index in [2.05, 4.69) is 31.9 Å². The van der Waals surface area contributed by atoms with Crippen molar-refractivity contribution in [3.63, 3.8) is 0 Å². The summed E-state index contributed by atoms with van der Waals surface area (Å²) in [5, 5.41) is 0. The maximum Gasteiger partial charge on any atom is 0.0242 e. The van der Waals surface area contributed by atoms with Crippen molar-refractivity contribution in [3.05, 3.63) is 35.4 Å². The first-order valence-corrected chi connectivity index (χ1v) is 5.36. The van der Waals surface area contributed by atoms with E-state index in [4.69, 9.17) is 12.2 Å². The first-order chi connectivity index (χ1) is 6.99. The minimum absolute atomic E-state index is 0.148. The Morgan fingerprint density at radius 2 is 1.80 bits per heavy atom. The van der Waals surface area contributed by atoms with Crippen molar-refractivity contribution in [1.29, 1.82) is 0 Å². The smallest absolute Gasteiger partial charge is 0.0242 e. The molecular weight excluding hydrogens is 182 g/mol. The van der Waals surface area contributed by atoms with Crippen molar-refractivity contribution in [2.45, 2.75) is 37.6 Å². The van der Waals surface area contributed by atoms with E-state index in [0.29, 0.717) is 0 Å². The third-order valence-electron chi connectivity index (χ3n) is 3.59. The Hall–Kier alpha value is -1.26. The van der Waals surface area contributed by atoms with E-state index in [0.717, 1.165) is 5.56 Å². The molecule has 0 unspecified atom stereocenters. The predicted molar refractivity (Wildman–Crippen MR) is 63.6 cm³/mol. The highest BCUT2D eigenvalue weighted by atomic mass is 14.8. The molecule has 1 aromatic rings. The summed E-state index contributed by atoms with van der Waals surface area (Å²) in [7, 11) is 0. The second kappa shape index (κ2) is 3.12. The molecule has 1 fully saturated rings. The van der Waals surface area contributed by atoms with Crippen LogP contribution < -0.4 is 5.73 Å². The highest BCUT2D eigenvalue weighted by Gasteiger charge is 2.53. The van der Waals surface area contributed by atoms with E-state index in [1.807, 2.05) is 12.1 Å². The Kier molecular flexibility index (Phi) is 2.13. The summed E-state index contributed by atoms with van der Waals surface area (Å²) in [5.41, 5.74) is 8.53. The molecule has 2 rings (SSSR count). The molecule has 0 amide bonds. The van der Waals surface area contributed by atoms with Gasteiger partial charge in [0.05, 0.1) is 0 Å². The molecule has 0 bridgehead atoms. The topological polar surface area (TPSA) is 26.0 Å². The molecule has 2 N–H and O–H groups in total. The summed E-state index contributed by atoms with van der Waals surface area (Å²) in [6.07, 6.45) is 7.71. The van der Waals surface area contributed by atoms with Gasteiger partial charge in [0.2, 0.25) is 0 Å². The molecule has 1 aromatic carbocycles. The fourth-order valence-corrected chi connectivity index (χ4v) is 2.32. The van der Waals surface area contributed by atoms with Crippen molar-refractivity contribution >= 4 is 0 Å². The van der Waals surface area contributed by atoms with Crippen LogP contribution in [0.25, 0.3) is 0 Å². The molecule has 0 atom stereocenters. The maximum atomic E-state index is 6.24. The fourth-order valence-electron chi connectivity index (χ4n) is 2.32. The van der Waals surface area contributed by atoms with Crippen molar-refractivity contribution in [2.75, 3.05) is 0 Å². The van der Waals surface area contributed by atoms with E-state index in [9.17, 15) is 0 Å². The number of nitrogens with two attached hydrogens (primary N) is 1. The number of rotatable bonds is 2. The summed E-state index contributed by atoms with van der Waals surface area (Å²) < 4.78 is 0. The number of hydrogen-bond acceptors (Lipinski definition) is 1. The SMILES string of the molecule is C#Cc1ccc(C2(C(C)(C)N)CC2)cc1. The van der Waals surface area contributed by atoms with Gasteiger partial charge in [0.1, 0.15) is 0 Å². The first kappa shape index (κ1) is 10.3. The molecule has 0 spiro atoms. The van der Waals surface area contributed by atoms with Crippen LogP contribution in [0.5, 0.6) is 0 Å². The molecule has 1 aliphatic carbocycles. The Bertz CT molecular complexity index is 396. The predicted octanol–water partition coefficient (Wildman–Crippen LogP) is 2.44. The van der Waals surface area contributed by atoms with Crippen LogP contribution >= 0.6 is 0 Å². The third kappa shape index (κ3) is 1.56. The zero-order valence-electron chi connectivity index (χ0n) is 9.38. The minimum atomic E-state index is -0.148. The monoisotopic (exact) mass is 199 g/mol. The van der Waals surface area contributed by atoms with Crippen molar-refractivity contribution < 1.29 is 0 Å². The van der Waals surface area contributed by atoms with Gasteiger partial charge in [-0.15, -0.1) is 6.42 Å². The van der Waals surface area contributed by atoms with E-state index in [1.165, 1.54) is 18.4 Å². The number of benzene rings is 1. The number of hydrogen-bond donors (Lipinski definition) is 1. The van der Waals surface area contributed by atoms with Crippen molar-refractivity contribution in [1.82, 2.24) is 0 Å². The van der Waals surface area contributed by atoms with Crippen LogP contribution in [0, 0.1) is 12.3 Å². The van der Waals surface area contributed by atoms with Crippen LogP contribution in [0.2, 0.25) is 0 Å². The lowest BCUT2D eigenvalue weighted by atomic mass is 9.79. The molecule has 1 nitrogen and oxygen atoms in total. The van der Waals surface area contributed by atoms with E-state index in [-0.39, 0.29) is 11.0 Å². The average Bonchev–Trinajstić information content (AvgIpc) is 2.98. The van der Waals surface area contributed by atoms with E-state index < -0.39 is 0 Å². The summed E-state index contributed by atoms with van der Waals surface area (Å²) in [6, 6.07) is 8.25. The normalized spacial score (nSPS) is 18.3. The molecule has 0 aliphatic heterocycles. The van der Waals surface area contributed by atoms with Gasteiger partial charge >= 0.3 is 0 Å². The zero-order chi connectivity index (χ0) is 11.1. The molecular formula is C14H17N. The Labute approximate surface area is 91.7 Å². The van der Waals surface area contributed by atoms with Crippen LogP contribution in [0.1, 0.15) is 37.8 Å². The van der Waals surface area contributed by atoms with Gasteiger partial charge in [-0.05, 0) is 44.4 Å². The van der Waals surface area contributed by atoms with Gasteiger partial charge < -0.3 is 5.73 Å². The molecule has 1 aliphatic rings. The van der Waals surface area contributed by atoms with Crippen LogP contribution in [0.3, 0.4) is 0 Å². The Morgan fingerprint density at radius 3 is 2.13 bits per heavy atom. The van der Waals surface area contributed by atoms with Gasteiger partial charge in [0, 0.05) is 16.5 Å². The molecule has 1 heteroatoms. The van der Waals surface area contributed by atoms with Crippen LogP contribution in [0.15, 0.2) is 24.3 Å². The second-order valence-corrected chi connectivity index (χ2v) is 5.03. The molecule has 78 valence electrons. The standard InChI is InChI=1S/C14H17N/c1-4-11-5-7-12(8-6-11)14(9-10-14)13(2,3)15/h1,5-8H,9-10,15H2,2-3H3. The van der Waals surface area contributed by atoms with Crippen LogP contribution in [-0.2, 0) is 5.41 Å². The molecule has 15 heavy (non-hydrogen) atoms. The van der Waals surface area contributed by atoms with Gasteiger partial charge in [0.25, 0.3) is 0 Å². The van der Waals surface area contributed by atoms with Gasteiger partial charge in [-0.1, -0.05) is 18.1 Å². The maximum absolute atomic E-state index is 6.24. The van der Waals surface area contributed by atoms with E-state index >= 15 is 0 Å². The molecule has 0 radical (unpaired) electrons. The van der Waals surface area contributed by atoms with Crippen molar-refractivity contribution in [2.24, 2.45) is 5.73 Å². The van der Waals surface area contributed by atoms with Crippen LogP contribution in [-0.4, -0.2) is 5.54 Å². The Morgan fingerprint density at radius 1 is 1.27 bits per heavy atom. The van der Waals surface area contributed by atoms with Gasteiger partial charge in [-0.3, -0.25) is 0 Å². The quantitative estimate of drug-likeness (QED) is 0.727. The number of terminal acetylenes is 1. The highest BCUT2D eigenvalue weighted by Crippen LogP contribution is 2.54. The molecule has 0 heterocycles. The highest BCUT2D eigenvalue weighted by molar-refractivity contribution is 5.41. The third-order valence-corrected chi connectivity index (χ3v) is 3.59. The largest absolute Gasteiger partial charge is 0.325 e. The van der Waals surface area contributed by atoms with Gasteiger partial charge in [-0.2, -0.15) is 0 Å². The summed E-state index contributed by atoms with van der Waals surface area (Å²) in [6.45, 7) is 4.21. The average molecular weight is 199 g/mol. The van der Waals surface area contributed by atoms with Gasteiger partial charge in [-0.25, -0.2) is 0 Å². The minimum Gasteiger partial charge on any atom is -0.325 e. The fraction of sp³-hybridized carbons (Fsp3) is 0.429. The summed E-state index contributed by atoms with van der Waals surface area (Å²) in [4.78, 5) is 0. The van der Waals surface area contributed by atoms with E-state index in [1.54, 1.807) is 0 Å². The summed E-state index contributed by atoms with van der Waals surface area (Å²) >= 11 is 0. The van der Waals surface area contributed by atoms with Gasteiger partial charge in [0.15, 0.2) is 0 Å². The first-order valence-electron chi connectivity index (χ1n) is 5.36.